The number of aromatic nitrogens is 2. The van der Waals surface area contributed by atoms with Gasteiger partial charge in [0, 0.05) is 18.9 Å². The Kier molecular flexibility index (Phi) is 4.68. The SMILES string of the molecule is N#Cc1nc(COc2ccc(F)cc2)oc1NCc1cccnc1. The van der Waals surface area contributed by atoms with Crippen molar-refractivity contribution in [2.45, 2.75) is 13.2 Å². The largest absolute Gasteiger partial charge is 0.484 e. The molecule has 120 valence electrons. The molecule has 6 nitrogen and oxygen atoms in total. The molecule has 0 unspecified atom stereocenters. The van der Waals surface area contributed by atoms with Gasteiger partial charge in [-0.25, -0.2) is 4.39 Å². The molecule has 1 N–H and O–H groups in total. The summed E-state index contributed by atoms with van der Waals surface area (Å²) in [6.45, 7) is 0.491. The maximum Gasteiger partial charge on any atom is 0.236 e. The molecule has 2 heterocycles. The zero-order valence-corrected chi connectivity index (χ0v) is 12.6. The van der Waals surface area contributed by atoms with Crippen molar-refractivity contribution in [3.05, 3.63) is 71.8 Å². The average molecular weight is 324 g/mol. The van der Waals surface area contributed by atoms with E-state index < -0.39 is 0 Å². The van der Waals surface area contributed by atoms with Crippen molar-refractivity contribution in [3.63, 3.8) is 0 Å². The van der Waals surface area contributed by atoms with Gasteiger partial charge in [-0.15, -0.1) is 0 Å². The van der Waals surface area contributed by atoms with E-state index in [9.17, 15) is 4.39 Å². The molecule has 0 aliphatic carbocycles. The van der Waals surface area contributed by atoms with Crippen LogP contribution in [0.3, 0.4) is 0 Å². The summed E-state index contributed by atoms with van der Waals surface area (Å²) in [7, 11) is 0. The van der Waals surface area contributed by atoms with E-state index in [4.69, 9.17) is 14.4 Å². The first-order valence-electron chi connectivity index (χ1n) is 7.15. The van der Waals surface area contributed by atoms with Gasteiger partial charge < -0.3 is 14.5 Å². The fourth-order valence-electron chi connectivity index (χ4n) is 1.98. The Bertz CT molecular complexity index is 841. The number of pyridine rings is 1. The monoisotopic (exact) mass is 324 g/mol. The van der Waals surface area contributed by atoms with Crippen LogP contribution in [0.5, 0.6) is 5.75 Å². The Labute approximate surface area is 137 Å². The molecule has 0 fully saturated rings. The Morgan fingerprint density at radius 1 is 1.25 bits per heavy atom. The number of hydrogen-bond donors (Lipinski definition) is 1. The number of nitrogens with zero attached hydrogens (tertiary/aromatic N) is 3. The normalized spacial score (nSPS) is 10.2. The van der Waals surface area contributed by atoms with Crippen LogP contribution in [0.2, 0.25) is 0 Å². The van der Waals surface area contributed by atoms with Gasteiger partial charge in [0.15, 0.2) is 6.61 Å². The third-order valence-corrected chi connectivity index (χ3v) is 3.13. The Hall–Kier alpha value is -3.40. The standard InChI is InChI=1S/C17H13FN4O2/c18-13-3-5-14(6-4-13)23-11-16-22-15(8-19)17(24-16)21-10-12-2-1-7-20-9-12/h1-7,9,21H,10-11H2. The van der Waals surface area contributed by atoms with Gasteiger partial charge in [0.25, 0.3) is 0 Å². The predicted octanol–water partition coefficient (Wildman–Crippen LogP) is 3.27. The molecule has 1 aromatic carbocycles. The third kappa shape index (κ3) is 3.87. The minimum atomic E-state index is -0.341. The van der Waals surface area contributed by atoms with Crippen molar-refractivity contribution >= 4 is 5.88 Å². The molecule has 2 aromatic heterocycles. The number of benzene rings is 1. The van der Waals surface area contributed by atoms with Crippen LogP contribution in [0.25, 0.3) is 0 Å². The molecule has 0 aliphatic rings. The lowest BCUT2D eigenvalue weighted by Gasteiger charge is -2.03. The topological polar surface area (TPSA) is 84.0 Å². The Morgan fingerprint density at radius 2 is 2.08 bits per heavy atom. The van der Waals surface area contributed by atoms with Crippen LogP contribution < -0.4 is 10.1 Å². The summed E-state index contributed by atoms with van der Waals surface area (Å²) in [5, 5.41) is 12.1. The van der Waals surface area contributed by atoms with E-state index in [1.165, 1.54) is 24.3 Å². The van der Waals surface area contributed by atoms with Crippen molar-refractivity contribution in [1.82, 2.24) is 9.97 Å². The van der Waals surface area contributed by atoms with E-state index in [1.807, 2.05) is 18.2 Å². The van der Waals surface area contributed by atoms with Crippen LogP contribution in [0, 0.1) is 17.1 Å². The summed E-state index contributed by atoms with van der Waals surface area (Å²) < 4.78 is 23.8. The number of oxazole rings is 1. The maximum atomic E-state index is 12.8. The van der Waals surface area contributed by atoms with Crippen LogP contribution in [0.15, 0.2) is 53.2 Å². The van der Waals surface area contributed by atoms with Crippen LogP contribution >= 0.6 is 0 Å². The van der Waals surface area contributed by atoms with Gasteiger partial charge in [0.2, 0.25) is 17.5 Å². The van der Waals surface area contributed by atoms with Crippen LogP contribution in [-0.4, -0.2) is 9.97 Å². The summed E-state index contributed by atoms with van der Waals surface area (Å²) in [5.41, 5.74) is 1.10. The second kappa shape index (κ2) is 7.24. The lowest BCUT2D eigenvalue weighted by Crippen LogP contribution is -2.00. The highest BCUT2D eigenvalue weighted by Crippen LogP contribution is 2.19. The average Bonchev–Trinajstić information content (AvgIpc) is 3.03. The Morgan fingerprint density at radius 3 is 2.79 bits per heavy atom. The molecular weight excluding hydrogens is 311 g/mol. The quantitative estimate of drug-likeness (QED) is 0.749. The van der Waals surface area contributed by atoms with Gasteiger partial charge in [-0.2, -0.15) is 10.2 Å². The van der Waals surface area contributed by atoms with Gasteiger partial charge in [-0.05, 0) is 35.9 Å². The Balaban J connectivity index is 1.64. The van der Waals surface area contributed by atoms with Gasteiger partial charge in [0.05, 0.1) is 0 Å². The number of halogens is 1. The first kappa shape index (κ1) is 15.5. The zero-order chi connectivity index (χ0) is 16.8. The molecule has 3 rings (SSSR count). The highest BCUT2D eigenvalue weighted by Gasteiger charge is 2.13. The number of hydrogen-bond acceptors (Lipinski definition) is 6. The summed E-state index contributed by atoms with van der Waals surface area (Å²) in [6, 6.07) is 11.3. The van der Waals surface area contributed by atoms with Gasteiger partial charge in [-0.3, -0.25) is 4.98 Å². The summed E-state index contributed by atoms with van der Waals surface area (Å²) in [4.78, 5) is 8.08. The van der Waals surface area contributed by atoms with E-state index in [2.05, 4.69) is 15.3 Å². The van der Waals surface area contributed by atoms with Crippen molar-refractivity contribution < 1.29 is 13.5 Å². The molecule has 0 aliphatic heterocycles. The maximum absolute atomic E-state index is 12.8. The van der Waals surface area contributed by atoms with Gasteiger partial charge in [-0.1, -0.05) is 6.07 Å². The molecule has 0 radical (unpaired) electrons. The van der Waals surface area contributed by atoms with Gasteiger partial charge in [0.1, 0.15) is 17.6 Å². The minimum absolute atomic E-state index is 0.0366. The second-order valence-electron chi connectivity index (χ2n) is 4.85. The third-order valence-electron chi connectivity index (χ3n) is 3.13. The predicted molar refractivity (Wildman–Crippen MR) is 83.5 cm³/mol. The fourth-order valence-corrected chi connectivity index (χ4v) is 1.98. The highest BCUT2D eigenvalue weighted by molar-refractivity contribution is 5.45. The molecule has 0 bridgehead atoms. The minimum Gasteiger partial charge on any atom is -0.484 e. The van der Waals surface area contributed by atoms with E-state index in [-0.39, 0.29) is 29.9 Å². The molecule has 0 atom stereocenters. The van der Waals surface area contributed by atoms with E-state index >= 15 is 0 Å². The lowest BCUT2D eigenvalue weighted by molar-refractivity contribution is 0.264. The smallest absolute Gasteiger partial charge is 0.236 e. The fraction of sp³-hybridized carbons (Fsp3) is 0.118. The van der Waals surface area contributed by atoms with Crippen molar-refractivity contribution in [2.75, 3.05) is 5.32 Å². The van der Waals surface area contributed by atoms with Crippen molar-refractivity contribution in [1.29, 1.82) is 5.26 Å². The van der Waals surface area contributed by atoms with Crippen LogP contribution in [0.4, 0.5) is 10.3 Å². The number of rotatable bonds is 6. The van der Waals surface area contributed by atoms with Crippen molar-refractivity contribution in [3.8, 4) is 11.8 Å². The number of ether oxygens (including phenoxy) is 1. The molecule has 0 spiro atoms. The molecule has 0 amide bonds. The van der Waals surface area contributed by atoms with Gasteiger partial charge >= 0.3 is 0 Å². The van der Waals surface area contributed by atoms with E-state index in [0.29, 0.717) is 12.3 Å². The summed E-state index contributed by atoms with van der Waals surface area (Å²) in [6.07, 6.45) is 3.40. The van der Waals surface area contributed by atoms with Crippen molar-refractivity contribution in [2.24, 2.45) is 0 Å². The number of anilines is 1. The first-order chi connectivity index (χ1) is 11.7. The molecule has 0 saturated heterocycles. The van der Waals surface area contributed by atoms with Crippen LogP contribution in [-0.2, 0) is 13.2 Å². The summed E-state index contributed by atoms with van der Waals surface area (Å²) >= 11 is 0. The second-order valence-corrected chi connectivity index (χ2v) is 4.85. The van der Waals surface area contributed by atoms with E-state index in [1.54, 1.807) is 12.4 Å². The molecular formula is C17H13FN4O2. The number of nitriles is 1. The molecule has 7 heteroatoms. The number of nitrogens with one attached hydrogen (secondary N) is 1. The molecule has 3 aromatic rings. The van der Waals surface area contributed by atoms with Crippen LogP contribution in [0.1, 0.15) is 17.1 Å². The van der Waals surface area contributed by atoms with E-state index in [0.717, 1.165) is 5.56 Å². The molecule has 0 saturated carbocycles. The lowest BCUT2D eigenvalue weighted by atomic mass is 10.3. The zero-order valence-electron chi connectivity index (χ0n) is 12.6. The highest BCUT2D eigenvalue weighted by atomic mass is 19.1. The molecule has 24 heavy (non-hydrogen) atoms. The summed E-state index contributed by atoms with van der Waals surface area (Å²) in [5.74, 6) is 0.675. The first-order valence-corrected chi connectivity index (χ1v) is 7.15.